The summed E-state index contributed by atoms with van der Waals surface area (Å²) < 4.78 is 2.57. The van der Waals surface area contributed by atoms with Gasteiger partial charge in [0.15, 0.2) is 16.6 Å². The van der Waals surface area contributed by atoms with E-state index >= 15 is 0 Å². The molecule has 1 aliphatic rings. The molecule has 3 heterocycles. The fourth-order valence-electron chi connectivity index (χ4n) is 3.48. The van der Waals surface area contributed by atoms with E-state index in [1.165, 1.54) is 29.9 Å². The van der Waals surface area contributed by atoms with Gasteiger partial charge in [0.05, 0.1) is 0 Å². The van der Waals surface area contributed by atoms with Crippen molar-refractivity contribution in [2.24, 2.45) is 7.05 Å². The lowest BCUT2D eigenvalue weighted by molar-refractivity contribution is -0.116. The van der Waals surface area contributed by atoms with Gasteiger partial charge >= 0.3 is 5.69 Å². The number of hydrogen-bond donors (Lipinski definition) is 1. The first-order chi connectivity index (χ1) is 14.3. The average molecular weight is 427 g/mol. The van der Waals surface area contributed by atoms with Gasteiger partial charge in [0.25, 0.3) is 5.56 Å². The number of amides is 1. The van der Waals surface area contributed by atoms with Gasteiger partial charge in [0.1, 0.15) is 11.2 Å². The minimum atomic E-state index is -0.599. The third-order valence-corrected chi connectivity index (χ3v) is 6.19. The first-order valence-electron chi connectivity index (χ1n) is 9.61. The fraction of sp³-hybridized carbons (Fsp3) is 0.350. The van der Waals surface area contributed by atoms with Crippen LogP contribution in [0.3, 0.4) is 0 Å². The second-order valence-electron chi connectivity index (χ2n) is 7.26. The number of anilines is 2. The van der Waals surface area contributed by atoms with Gasteiger partial charge in [-0.25, -0.2) is 9.78 Å². The summed E-state index contributed by atoms with van der Waals surface area (Å²) in [7, 11) is 1.39. The van der Waals surface area contributed by atoms with Crippen LogP contribution in [0, 0.1) is 0 Å². The summed E-state index contributed by atoms with van der Waals surface area (Å²) in [4.78, 5) is 56.1. The molecule has 0 spiro atoms. The van der Waals surface area contributed by atoms with Crippen molar-refractivity contribution in [3.8, 4) is 0 Å². The van der Waals surface area contributed by atoms with Crippen molar-refractivity contribution < 1.29 is 9.59 Å². The zero-order chi connectivity index (χ0) is 21.4. The quantitative estimate of drug-likeness (QED) is 0.620. The number of benzene rings is 1. The molecule has 0 bridgehead atoms. The average Bonchev–Trinajstić information content (AvgIpc) is 3.39. The number of thiazole rings is 1. The van der Waals surface area contributed by atoms with Gasteiger partial charge in [-0.15, -0.1) is 0 Å². The van der Waals surface area contributed by atoms with Crippen molar-refractivity contribution in [3.05, 3.63) is 50.7 Å². The smallest absolute Gasteiger partial charge is 0.332 e. The number of nitrogens with one attached hydrogen (secondary N) is 1. The molecule has 0 radical (unpaired) electrons. The van der Waals surface area contributed by atoms with Crippen LogP contribution in [-0.2, 0) is 18.4 Å². The van der Waals surface area contributed by atoms with Crippen LogP contribution in [0.2, 0.25) is 0 Å². The molecule has 0 atom stereocenters. The normalized spacial score (nSPS) is 13.7. The van der Waals surface area contributed by atoms with Crippen LogP contribution < -0.4 is 21.5 Å². The predicted molar refractivity (Wildman–Crippen MR) is 116 cm³/mol. The Bertz CT molecular complexity index is 1270. The van der Waals surface area contributed by atoms with Crippen molar-refractivity contribution in [3.63, 3.8) is 0 Å². The maximum Gasteiger partial charge on any atom is 0.332 e. The monoisotopic (exact) mass is 427 g/mol. The van der Waals surface area contributed by atoms with E-state index in [2.05, 4.69) is 15.2 Å². The largest absolute Gasteiger partial charge is 0.348 e. The van der Waals surface area contributed by atoms with Crippen LogP contribution in [0.1, 0.15) is 30.1 Å². The van der Waals surface area contributed by atoms with Crippen LogP contribution >= 0.6 is 11.3 Å². The molecule has 1 N–H and O–H groups in total. The third kappa shape index (κ3) is 3.65. The molecule has 3 aromatic rings. The Morgan fingerprint density at radius 2 is 1.93 bits per heavy atom. The van der Waals surface area contributed by atoms with Crippen molar-refractivity contribution >= 4 is 44.2 Å². The highest BCUT2D eigenvalue weighted by Crippen LogP contribution is 2.28. The number of carbonyl (C=O) groups is 2. The van der Waals surface area contributed by atoms with Gasteiger partial charge in [-0.2, -0.15) is 0 Å². The number of fused-ring (bicyclic) bond motifs is 1. The van der Waals surface area contributed by atoms with E-state index in [-0.39, 0.29) is 18.0 Å². The second-order valence-corrected chi connectivity index (χ2v) is 8.24. The molecule has 1 aromatic carbocycles. The maximum absolute atomic E-state index is 12.7. The molecular weight excluding hydrogens is 406 g/mol. The standard InChI is InChI=1S/C20H21N5O4S/c1-12(26)13-6-5-7-14(10-13)21-15(27)11-25-17-16(18(28)23(2)20(25)29)30-19(22-17)24-8-3-4-9-24/h5-7,10H,3-4,8-9,11H2,1-2H3,(H,21,27). The van der Waals surface area contributed by atoms with E-state index in [4.69, 9.17) is 0 Å². The molecule has 30 heavy (non-hydrogen) atoms. The Hall–Kier alpha value is -3.27. The summed E-state index contributed by atoms with van der Waals surface area (Å²) >= 11 is 1.25. The van der Waals surface area contributed by atoms with Gasteiger partial charge in [0, 0.05) is 31.4 Å². The molecule has 0 unspecified atom stereocenters. The first-order valence-corrected chi connectivity index (χ1v) is 10.4. The van der Waals surface area contributed by atoms with Crippen LogP contribution in [0.25, 0.3) is 10.3 Å². The summed E-state index contributed by atoms with van der Waals surface area (Å²) in [6.45, 7) is 2.87. The minimum Gasteiger partial charge on any atom is -0.348 e. The van der Waals surface area contributed by atoms with E-state index in [0.29, 0.717) is 21.1 Å². The third-order valence-electron chi connectivity index (χ3n) is 5.10. The number of rotatable bonds is 5. The molecule has 2 aromatic heterocycles. The van der Waals surface area contributed by atoms with Crippen LogP contribution in [-0.4, -0.2) is 38.9 Å². The second kappa shape index (κ2) is 7.86. The van der Waals surface area contributed by atoms with E-state index in [1.54, 1.807) is 24.3 Å². The Morgan fingerprint density at radius 3 is 2.63 bits per heavy atom. The van der Waals surface area contributed by atoms with Gasteiger partial charge in [-0.05, 0) is 31.9 Å². The number of aromatic nitrogens is 3. The van der Waals surface area contributed by atoms with E-state index < -0.39 is 17.2 Å². The molecule has 1 fully saturated rings. The topological polar surface area (TPSA) is 106 Å². The zero-order valence-electron chi connectivity index (χ0n) is 16.7. The molecular formula is C20H21N5O4S. The summed E-state index contributed by atoms with van der Waals surface area (Å²) in [5.74, 6) is -0.563. The zero-order valence-corrected chi connectivity index (χ0v) is 17.5. The molecule has 4 rings (SSSR count). The van der Waals surface area contributed by atoms with Gasteiger partial charge in [-0.1, -0.05) is 23.5 Å². The molecule has 0 saturated carbocycles. The van der Waals surface area contributed by atoms with Crippen LogP contribution in [0.15, 0.2) is 33.9 Å². The summed E-state index contributed by atoms with van der Waals surface area (Å²) in [6.07, 6.45) is 2.12. The number of ketones is 1. The van der Waals surface area contributed by atoms with Crippen molar-refractivity contribution in [1.29, 1.82) is 0 Å². The number of Topliss-reactive ketones (excluding diaryl/α,β-unsaturated/α-hetero) is 1. The number of hydrogen-bond acceptors (Lipinski definition) is 7. The molecule has 0 aliphatic carbocycles. The Balaban J connectivity index is 1.68. The van der Waals surface area contributed by atoms with Gasteiger partial charge in [0.2, 0.25) is 5.91 Å². The van der Waals surface area contributed by atoms with E-state index in [0.717, 1.165) is 30.5 Å². The Morgan fingerprint density at radius 1 is 1.20 bits per heavy atom. The molecule has 1 aliphatic heterocycles. The highest BCUT2D eigenvalue weighted by molar-refractivity contribution is 7.22. The summed E-state index contributed by atoms with van der Waals surface area (Å²) in [6, 6.07) is 6.57. The molecule has 9 nitrogen and oxygen atoms in total. The lowest BCUT2D eigenvalue weighted by Crippen LogP contribution is -2.39. The molecule has 10 heteroatoms. The molecule has 1 saturated heterocycles. The fourth-order valence-corrected chi connectivity index (χ4v) is 4.58. The number of carbonyl (C=O) groups excluding carboxylic acids is 2. The van der Waals surface area contributed by atoms with Crippen LogP contribution in [0.4, 0.5) is 10.8 Å². The van der Waals surface area contributed by atoms with Crippen molar-refractivity contribution in [2.75, 3.05) is 23.3 Å². The predicted octanol–water partition coefficient (Wildman–Crippen LogP) is 1.60. The Kier molecular flexibility index (Phi) is 5.25. The highest BCUT2D eigenvalue weighted by Gasteiger charge is 2.22. The lowest BCUT2D eigenvalue weighted by atomic mass is 10.1. The van der Waals surface area contributed by atoms with Crippen LogP contribution in [0.5, 0.6) is 0 Å². The summed E-state index contributed by atoms with van der Waals surface area (Å²) in [5.41, 5.74) is 0.145. The van der Waals surface area contributed by atoms with E-state index in [9.17, 15) is 19.2 Å². The molecule has 1 amide bonds. The van der Waals surface area contributed by atoms with Gasteiger partial charge < -0.3 is 10.2 Å². The maximum atomic E-state index is 12.7. The lowest BCUT2D eigenvalue weighted by Gasteiger charge is -2.12. The Labute approximate surface area is 175 Å². The van der Waals surface area contributed by atoms with Crippen molar-refractivity contribution in [1.82, 2.24) is 14.1 Å². The van der Waals surface area contributed by atoms with E-state index in [1.807, 2.05) is 0 Å². The number of nitrogens with zero attached hydrogens (tertiary/aromatic N) is 4. The molecule has 156 valence electrons. The first kappa shape index (κ1) is 20.0. The van der Waals surface area contributed by atoms with Crippen molar-refractivity contribution in [2.45, 2.75) is 26.3 Å². The SMILES string of the molecule is CC(=O)c1cccc(NC(=O)Cn2c(=O)n(C)c(=O)c3sc(N4CCCC4)nc32)c1. The van der Waals surface area contributed by atoms with Gasteiger partial charge in [-0.3, -0.25) is 23.5 Å². The highest BCUT2D eigenvalue weighted by atomic mass is 32.1. The minimum absolute atomic E-state index is 0.112. The summed E-state index contributed by atoms with van der Waals surface area (Å²) in [5, 5.41) is 3.39.